The number of nitrogens with zero attached hydrogens (tertiary/aromatic N) is 1. The van der Waals surface area contributed by atoms with Gasteiger partial charge in [0.1, 0.15) is 5.75 Å². The van der Waals surface area contributed by atoms with E-state index in [0.717, 1.165) is 30.8 Å². The Kier molecular flexibility index (Phi) is 4.20. The lowest BCUT2D eigenvalue weighted by molar-refractivity contribution is -0.133. The molecule has 4 nitrogen and oxygen atoms in total. The minimum atomic E-state index is 0.0342. The Morgan fingerprint density at radius 2 is 2.28 bits per heavy atom. The number of rotatable bonds is 4. The summed E-state index contributed by atoms with van der Waals surface area (Å²) in [5.41, 5.74) is 1.05. The van der Waals surface area contributed by atoms with Crippen LogP contribution in [0.15, 0.2) is 24.3 Å². The van der Waals surface area contributed by atoms with Crippen LogP contribution >= 0.6 is 0 Å². The van der Waals surface area contributed by atoms with Crippen LogP contribution in [-0.2, 0) is 4.79 Å². The highest BCUT2D eigenvalue weighted by atomic mass is 16.5. The third kappa shape index (κ3) is 3.01. The van der Waals surface area contributed by atoms with Gasteiger partial charge in [0.05, 0.1) is 0 Å². The molecule has 1 N–H and O–H groups in total. The Morgan fingerprint density at radius 3 is 2.94 bits per heavy atom. The molecular formula is C14H20N2O2. The normalized spacial score (nSPS) is 18.7. The van der Waals surface area contributed by atoms with Crippen molar-refractivity contribution in [3.8, 4) is 5.75 Å². The number of benzene rings is 1. The summed E-state index contributed by atoms with van der Waals surface area (Å²) in [6.07, 6.45) is 1.02. The number of carbonyl (C=O) groups is 1. The molecule has 1 fully saturated rings. The van der Waals surface area contributed by atoms with E-state index in [9.17, 15) is 4.79 Å². The number of amides is 1. The van der Waals surface area contributed by atoms with Crippen molar-refractivity contribution in [1.29, 1.82) is 0 Å². The first-order valence-electron chi connectivity index (χ1n) is 6.33. The predicted molar refractivity (Wildman–Crippen MR) is 70.7 cm³/mol. The van der Waals surface area contributed by atoms with Gasteiger partial charge in [-0.3, -0.25) is 4.79 Å². The van der Waals surface area contributed by atoms with E-state index in [1.807, 2.05) is 38.2 Å². The van der Waals surface area contributed by atoms with Crippen LogP contribution in [0, 0.1) is 6.92 Å². The molecule has 1 amide bonds. The van der Waals surface area contributed by atoms with Gasteiger partial charge in [-0.05, 0) is 31.5 Å². The van der Waals surface area contributed by atoms with Gasteiger partial charge in [0.25, 0.3) is 5.91 Å². The van der Waals surface area contributed by atoms with E-state index < -0.39 is 0 Å². The molecule has 0 aromatic heterocycles. The molecule has 1 aliphatic heterocycles. The highest BCUT2D eigenvalue weighted by Crippen LogP contribution is 2.16. The van der Waals surface area contributed by atoms with Crippen LogP contribution < -0.4 is 10.1 Å². The molecule has 98 valence electrons. The quantitative estimate of drug-likeness (QED) is 0.870. The molecular weight excluding hydrogens is 228 g/mol. The van der Waals surface area contributed by atoms with Crippen LogP contribution in [0.4, 0.5) is 0 Å². The van der Waals surface area contributed by atoms with Gasteiger partial charge in [-0.15, -0.1) is 0 Å². The second-order valence-electron chi connectivity index (χ2n) is 4.71. The minimum absolute atomic E-state index is 0.0342. The van der Waals surface area contributed by atoms with Crippen LogP contribution in [-0.4, -0.2) is 43.6 Å². The van der Waals surface area contributed by atoms with Gasteiger partial charge in [0.2, 0.25) is 0 Å². The smallest absolute Gasteiger partial charge is 0.260 e. The Morgan fingerprint density at radius 1 is 1.50 bits per heavy atom. The van der Waals surface area contributed by atoms with Crippen molar-refractivity contribution in [1.82, 2.24) is 10.2 Å². The van der Waals surface area contributed by atoms with Gasteiger partial charge < -0.3 is 15.0 Å². The molecule has 1 heterocycles. The summed E-state index contributed by atoms with van der Waals surface area (Å²) in [4.78, 5) is 13.8. The van der Waals surface area contributed by atoms with Gasteiger partial charge >= 0.3 is 0 Å². The van der Waals surface area contributed by atoms with Crippen molar-refractivity contribution >= 4 is 5.91 Å². The van der Waals surface area contributed by atoms with Crippen LogP contribution in [0.25, 0.3) is 0 Å². The van der Waals surface area contributed by atoms with Crippen LogP contribution in [0.1, 0.15) is 12.0 Å². The molecule has 0 aliphatic carbocycles. The maximum atomic E-state index is 12.0. The summed E-state index contributed by atoms with van der Waals surface area (Å²) in [5, 5.41) is 3.26. The number of hydrogen-bond acceptors (Lipinski definition) is 3. The molecule has 0 radical (unpaired) electrons. The number of nitrogens with one attached hydrogen (secondary N) is 1. The van der Waals surface area contributed by atoms with Gasteiger partial charge in [-0.25, -0.2) is 0 Å². The molecule has 1 aromatic carbocycles. The van der Waals surface area contributed by atoms with Crippen LogP contribution in [0.2, 0.25) is 0 Å². The Bertz CT molecular complexity index is 414. The third-order valence-electron chi connectivity index (χ3n) is 3.42. The number of para-hydroxylation sites is 1. The first-order valence-corrected chi connectivity index (χ1v) is 6.33. The van der Waals surface area contributed by atoms with E-state index in [2.05, 4.69) is 5.32 Å². The van der Waals surface area contributed by atoms with Gasteiger partial charge in [0.15, 0.2) is 6.61 Å². The van der Waals surface area contributed by atoms with E-state index in [-0.39, 0.29) is 12.5 Å². The van der Waals surface area contributed by atoms with Crippen molar-refractivity contribution in [3.05, 3.63) is 29.8 Å². The average molecular weight is 248 g/mol. The summed E-state index contributed by atoms with van der Waals surface area (Å²) in [5.74, 6) is 0.816. The lowest BCUT2D eigenvalue weighted by atomic mass is 10.2. The average Bonchev–Trinajstić information content (AvgIpc) is 2.90. The molecule has 1 aliphatic rings. The number of carbonyl (C=O) groups excluding carboxylic acids is 1. The number of ether oxygens (including phenoxy) is 1. The van der Waals surface area contributed by atoms with Crippen molar-refractivity contribution in [3.63, 3.8) is 0 Å². The second kappa shape index (κ2) is 5.87. The Labute approximate surface area is 108 Å². The first kappa shape index (κ1) is 12.9. The summed E-state index contributed by atoms with van der Waals surface area (Å²) in [7, 11) is 1.85. The van der Waals surface area contributed by atoms with Crippen LogP contribution in [0.3, 0.4) is 0 Å². The molecule has 1 atom stereocenters. The lowest BCUT2D eigenvalue weighted by Gasteiger charge is -2.23. The largest absolute Gasteiger partial charge is 0.484 e. The fourth-order valence-corrected chi connectivity index (χ4v) is 2.13. The SMILES string of the molecule is Cc1ccccc1OCC(=O)N(C)C1CCNC1. The maximum absolute atomic E-state index is 12.0. The summed E-state index contributed by atoms with van der Waals surface area (Å²) in [6, 6.07) is 8.04. The van der Waals surface area contributed by atoms with Gasteiger partial charge in [-0.1, -0.05) is 18.2 Å². The zero-order chi connectivity index (χ0) is 13.0. The summed E-state index contributed by atoms with van der Waals surface area (Å²) in [6.45, 7) is 3.95. The van der Waals surface area contributed by atoms with Crippen molar-refractivity contribution in [2.24, 2.45) is 0 Å². The van der Waals surface area contributed by atoms with Gasteiger partial charge in [0, 0.05) is 19.6 Å². The van der Waals surface area contributed by atoms with E-state index in [1.54, 1.807) is 4.90 Å². The van der Waals surface area contributed by atoms with E-state index in [1.165, 1.54) is 0 Å². The number of hydrogen-bond donors (Lipinski definition) is 1. The first-order chi connectivity index (χ1) is 8.68. The predicted octanol–water partition coefficient (Wildman–Crippen LogP) is 1.19. The topological polar surface area (TPSA) is 41.6 Å². The standard InChI is InChI=1S/C14H20N2O2/c1-11-5-3-4-6-13(11)18-10-14(17)16(2)12-7-8-15-9-12/h3-6,12,15H,7-10H2,1-2H3. The highest BCUT2D eigenvalue weighted by molar-refractivity contribution is 5.77. The molecule has 0 bridgehead atoms. The second-order valence-corrected chi connectivity index (χ2v) is 4.71. The van der Waals surface area contributed by atoms with Crippen molar-refractivity contribution in [2.75, 3.05) is 26.7 Å². The summed E-state index contributed by atoms with van der Waals surface area (Å²) < 4.78 is 5.57. The summed E-state index contributed by atoms with van der Waals surface area (Å²) >= 11 is 0. The van der Waals surface area contributed by atoms with E-state index in [0.29, 0.717) is 6.04 Å². The lowest BCUT2D eigenvalue weighted by Crippen LogP contribution is -2.40. The molecule has 0 saturated carbocycles. The van der Waals surface area contributed by atoms with E-state index >= 15 is 0 Å². The molecule has 18 heavy (non-hydrogen) atoms. The third-order valence-corrected chi connectivity index (χ3v) is 3.42. The molecule has 1 unspecified atom stereocenters. The zero-order valence-corrected chi connectivity index (χ0v) is 11.0. The fraction of sp³-hybridized carbons (Fsp3) is 0.500. The molecule has 0 spiro atoms. The fourth-order valence-electron chi connectivity index (χ4n) is 2.13. The van der Waals surface area contributed by atoms with Crippen LogP contribution in [0.5, 0.6) is 5.75 Å². The molecule has 1 saturated heterocycles. The van der Waals surface area contributed by atoms with E-state index in [4.69, 9.17) is 4.74 Å². The molecule has 2 rings (SSSR count). The van der Waals surface area contributed by atoms with Crippen molar-refractivity contribution in [2.45, 2.75) is 19.4 Å². The Balaban J connectivity index is 1.86. The molecule has 4 heteroatoms. The zero-order valence-electron chi connectivity index (χ0n) is 11.0. The maximum Gasteiger partial charge on any atom is 0.260 e. The Hall–Kier alpha value is -1.55. The van der Waals surface area contributed by atoms with Gasteiger partial charge in [-0.2, -0.15) is 0 Å². The monoisotopic (exact) mass is 248 g/mol. The molecule has 1 aromatic rings. The number of aryl methyl sites for hydroxylation is 1. The minimum Gasteiger partial charge on any atom is -0.484 e. The highest BCUT2D eigenvalue weighted by Gasteiger charge is 2.23. The number of likely N-dealkylation sites (N-methyl/N-ethyl adjacent to an activating group) is 1. The van der Waals surface area contributed by atoms with Crippen molar-refractivity contribution < 1.29 is 9.53 Å².